The number of aliphatic hydroxyl groups excluding tert-OH is 2. The molecule has 14 nitrogen and oxygen atoms in total. The molecule has 1 aliphatic carbocycles. The number of esters is 1. The molecule has 0 aliphatic heterocycles. The number of unbranched alkanes of at least 4 members (excludes halogenated alkanes) is 7. The zero-order chi connectivity index (χ0) is 39.4. The van der Waals surface area contributed by atoms with E-state index in [1.807, 2.05) is 13.8 Å². The highest BCUT2D eigenvalue weighted by molar-refractivity contribution is 5.94. The minimum Gasteiger partial charge on any atom is -0.460 e. The lowest BCUT2D eigenvalue weighted by Crippen LogP contribution is -2.59. The molecule has 0 heterocycles. The van der Waals surface area contributed by atoms with Crippen LogP contribution in [0.3, 0.4) is 0 Å². The van der Waals surface area contributed by atoms with Gasteiger partial charge in [-0.15, -0.1) is 0 Å². The number of aliphatic hydroxyl groups is 2. The van der Waals surface area contributed by atoms with E-state index in [0.29, 0.717) is 25.7 Å². The lowest BCUT2D eigenvalue weighted by atomic mass is 9.93. The SMILES string of the molecule is CCCCCCCCCC[C@@H](OC(=O)CNC(=O)[C@@H](C)[C@H](C)O)[C@@H](C)C(=O)N(C)[C@@H](CC(C)C)C(=O)N[C@H](C(=O)N[C@@H](CO)C(N)=O)C1CCCC1. The third-order valence-electron chi connectivity index (χ3n) is 10.2. The topological polar surface area (TPSA) is 217 Å². The second-order valence-corrected chi connectivity index (χ2v) is 15.1. The number of hydrogen-bond acceptors (Lipinski definition) is 9. The summed E-state index contributed by atoms with van der Waals surface area (Å²) < 4.78 is 5.81. The maximum atomic E-state index is 14.1. The predicted octanol–water partition coefficient (Wildman–Crippen LogP) is 2.71. The lowest BCUT2D eigenvalue weighted by molar-refractivity contribution is -0.158. The number of nitrogens with one attached hydrogen (secondary N) is 3. The van der Waals surface area contributed by atoms with Crippen LogP contribution in [0, 0.1) is 23.7 Å². The maximum absolute atomic E-state index is 14.1. The van der Waals surface area contributed by atoms with Crippen molar-refractivity contribution in [3.63, 3.8) is 0 Å². The molecule has 7 N–H and O–H groups in total. The summed E-state index contributed by atoms with van der Waals surface area (Å²) in [7, 11) is 1.53. The number of hydrogen-bond donors (Lipinski definition) is 6. The molecule has 52 heavy (non-hydrogen) atoms. The van der Waals surface area contributed by atoms with Crippen molar-refractivity contribution in [3.05, 3.63) is 0 Å². The first-order chi connectivity index (χ1) is 24.5. The van der Waals surface area contributed by atoms with E-state index in [1.165, 1.54) is 38.1 Å². The Labute approximate surface area is 311 Å². The third kappa shape index (κ3) is 16.6. The number of nitrogens with two attached hydrogens (primary N) is 1. The van der Waals surface area contributed by atoms with Gasteiger partial charge in [-0.3, -0.25) is 28.8 Å². The van der Waals surface area contributed by atoms with Gasteiger partial charge in [-0.25, -0.2) is 0 Å². The van der Waals surface area contributed by atoms with E-state index in [0.717, 1.165) is 38.5 Å². The van der Waals surface area contributed by atoms with Crippen LogP contribution in [0.1, 0.15) is 131 Å². The number of primary amides is 1. The molecule has 0 saturated heterocycles. The normalized spacial score (nSPS) is 17.3. The summed E-state index contributed by atoms with van der Waals surface area (Å²) in [5, 5.41) is 27.1. The predicted molar refractivity (Wildman–Crippen MR) is 198 cm³/mol. The fourth-order valence-corrected chi connectivity index (χ4v) is 6.57. The molecule has 1 fully saturated rings. The molecule has 0 aromatic rings. The highest BCUT2D eigenvalue weighted by Gasteiger charge is 2.39. The Morgan fingerprint density at radius 2 is 1.40 bits per heavy atom. The molecule has 0 bridgehead atoms. The van der Waals surface area contributed by atoms with Gasteiger partial charge in [0.15, 0.2) is 0 Å². The first kappa shape index (κ1) is 46.8. The number of amides is 5. The van der Waals surface area contributed by atoms with Crippen molar-refractivity contribution in [2.75, 3.05) is 20.2 Å². The molecular formula is C38H69N5O9. The zero-order valence-electron chi connectivity index (χ0n) is 32.8. The van der Waals surface area contributed by atoms with Crippen molar-refractivity contribution >= 4 is 35.5 Å². The average molecular weight is 740 g/mol. The number of carbonyl (C=O) groups excluding carboxylic acids is 6. The number of carbonyl (C=O) groups is 6. The van der Waals surface area contributed by atoms with Crippen molar-refractivity contribution in [2.45, 2.75) is 162 Å². The summed E-state index contributed by atoms with van der Waals surface area (Å²) in [6.45, 7) is 9.60. The Kier molecular flexibility index (Phi) is 22.4. The fourth-order valence-electron chi connectivity index (χ4n) is 6.57. The first-order valence-electron chi connectivity index (χ1n) is 19.5. The minimum absolute atomic E-state index is 0.00714. The molecule has 1 aliphatic rings. The quantitative estimate of drug-likeness (QED) is 0.0567. The highest BCUT2D eigenvalue weighted by atomic mass is 16.5. The molecule has 300 valence electrons. The van der Waals surface area contributed by atoms with Crippen molar-refractivity contribution < 1.29 is 43.7 Å². The molecule has 0 radical (unpaired) electrons. The molecule has 5 amide bonds. The standard InChI is InChI=1S/C38H69N5O9/c1-8-9-10-11-12-13-14-15-20-31(52-32(46)22-40-35(48)25(4)27(6)45)26(5)38(51)43(7)30(21-24(2)3)36(49)42-33(28-18-16-17-19-28)37(50)41-29(23-44)34(39)47/h24-31,33,44-45H,8-23H2,1-7H3,(H2,39,47)(H,40,48)(H,41,50)(H,42,49)/t25-,26+,27-,29-,30-,31+,33-/m0/s1. The van der Waals surface area contributed by atoms with E-state index in [9.17, 15) is 39.0 Å². The molecule has 0 aromatic carbocycles. The Morgan fingerprint density at radius 1 is 0.827 bits per heavy atom. The summed E-state index contributed by atoms with van der Waals surface area (Å²) in [5.41, 5.74) is 5.33. The monoisotopic (exact) mass is 740 g/mol. The Balaban J connectivity index is 3.18. The van der Waals surface area contributed by atoms with Gasteiger partial charge in [0.05, 0.1) is 24.5 Å². The summed E-state index contributed by atoms with van der Waals surface area (Å²) >= 11 is 0. The van der Waals surface area contributed by atoms with Gasteiger partial charge >= 0.3 is 5.97 Å². The maximum Gasteiger partial charge on any atom is 0.325 e. The summed E-state index contributed by atoms with van der Waals surface area (Å²) in [4.78, 5) is 79.8. The van der Waals surface area contributed by atoms with Crippen LogP contribution in [-0.4, -0.2) is 101 Å². The molecule has 0 spiro atoms. The molecule has 1 rings (SSSR count). The van der Waals surface area contributed by atoms with E-state index in [-0.39, 0.29) is 18.3 Å². The number of ether oxygens (including phenoxy) is 1. The highest BCUT2D eigenvalue weighted by Crippen LogP contribution is 2.29. The third-order valence-corrected chi connectivity index (χ3v) is 10.2. The number of rotatable bonds is 26. The average Bonchev–Trinajstić information content (AvgIpc) is 3.64. The van der Waals surface area contributed by atoms with Crippen molar-refractivity contribution in [1.82, 2.24) is 20.9 Å². The summed E-state index contributed by atoms with van der Waals surface area (Å²) in [6.07, 6.45) is 10.6. The summed E-state index contributed by atoms with van der Waals surface area (Å²) in [5.74, 6) is -5.44. The Morgan fingerprint density at radius 3 is 1.92 bits per heavy atom. The van der Waals surface area contributed by atoms with Gasteiger partial charge in [-0.1, -0.05) is 92.4 Å². The number of likely N-dealkylation sites (N-methyl/N-ethyl adjacent to an activating group) is 1. The molecule has 14 heteroatoms. The second-order valence-electron chi connectivity index (χ2n) is 15.1. The molecular weight excluding hydrogens is 670 g/mol. The van der Waals surface area contributed by atoms with Crippen LogP contribution in [0.4, 0.5) is 0 Å². The van der Waals surface area contributed by atoms with E-state index in [2.05, 4.69) is 22.9 Å². The van der Waals surface area contributed by atoms with Gasteiger partial charge in [0.2, 0.25) is 29.5 Å². The van der Waals surface area contributed by atoms with Crippen LogP contribution in [0.15, 0.2) is 0 Å². The van der Waals surface area contributed by atoms with Crippen LogP contribution in [0.5, 0.6) is 0 Å². The van der Waals surface area contributed by atoms with Crippen molar-refractivity contribution in [1.29, 1.82) is 0 Å². The van der Waals surface area contributed by atoms with Gasteiger partial charge < -0.3 is 41.5 Å². The smallest absolute Gasteiger partial charge is 0.325 e. The van der Waals surface area contributed by atoms with Crippen molar-refractivity contribution in [3.8, 4) is 0 Å². The first-order valence-corrected chi connectivity index (χ1v) is 19.5. The Hall–Kier alpha value is -3.26. The Bertz CT molecular complexity index is 1130. The van der Waals surface area contributed by atoms with E-state index in [4.69, 9.17) is 10.5 Å². The second kappa shape index (κ2) is 24.9. The molecule has 0 aromatic heterocycles. The van der Waals surface area contributed by atoms with Gasteiger partial charge in [0.25, 0.3) is 0 Å². The summed E-state index contributed by atoms with van der Waals surface area (Å²) in [6, 6.07) is -3.26. The molecule has 7 atom stereocenters. The van der Waals surface area contributed by atoms with Gasteiger partial charge in [-0.2, -0.15) is 0 Å². The van der Waals surface area contributed by atoms with Crippen LogP contribution in [0.2, 0.25) is 0 Å². The molecule has 0 unspecified atom stereocenters. The largest absolute Gasteiger partial charge is 0.460 e. The van der Waals surface area contributed by atoms with Crippen molar-refractivity contribution in [2.24, 2.45) is 29.4 Å². The van der Waals surface area contributed by atoms with Crippen LogP contribution >= 0.6 is 0 Å². The minimum atomic E-state index is -1.31. The van der Waals surface area contributed by atoms with Gasteiger partial charge in [-0.05, 0) is 50.9 Å². The number of nitrogens with zero attached hydrogens (tertiary/aromatic N) is 1. The fraction of sp³-hybridized carbons (Fsp3) is 0.842. The van der Waals surface area contributed by atoms with E-state index in [1.54, 1.807) is 13.8 Å². The van der Waals surface area contributed by atoms with Gasteiger partial charge in [0.1, 0.15) is 30.8 Å². The zero-order valence-corrected chi connectivity index (χ0v) is 32.8. The van der Waals surface area contributed by atoms with Gasteiger partial charge in [0, 0.05) is 7.05 Å². The van der Waals surface area contributed by atoms with E-state index >= 15 is 0 Å². The van der Waals surface area contributed by atoms with Crippen LogP contribution in [0.25, 0.3) is 0 Å². The van der Waals surface area contributed by atoms with E-state index < -0.39 is 90.8 Å². The molecule has 1 saturated carbocycles. The van der Waals surface area contributed by atoms with Crippen LogP contribution in [-0.2, 0) is 33.5 Å². The van der Waals surface area contributed by atoms with Crippen LogP contribution < -0.4 is 21.7 Å². The lowest BCUT2D eigenvalue weighted by Gasteiger charge is -2.34.